The molecule has 106 valence electrons. The van der Waals surface area contributed by atoms with Crippen molar-refractivity contribution in [1.29, 1.82) is 0 Å². The summed E-state index contributed by atoms with van der Waals surface area (Å²) >= 11 is 0. The molecule has 1 saturated carbocycles. The molecule has 0 aromatic carbocycles. The molecule has 1 heterocycles. The molecule has 3 N–H and O–H groups in total. The van der Waals surface area contributed by atoms with Crippen LogP contribution in [-0.4, -0.2) is 17.6 Å². The van der Waals surface area contributed by atoms with Crippen LogP contribution in [0.2, 0.25) is 0 Å². The van der Waals surface area contributed by atoms with E-state index in [1.54, 1.807) is 0 Å². The molecule has 0 radical (unpaired) electrons. The molecule has 19 heavy (non-hydrogen) atoms. The van der Waals surface area contributed by atoms with Crippen molar-refractivity contribution in [2.75, 3.05) is 17.7 Å². The number of pyridine rings is 1. The van der Waals surface area contributed by atoms with Gasteiger partial charge in [-0.15, -0.1) is 0 Å². The highest BCUT2D eigenvalue weighted by molar-refractivity contribution is 5.54. The van der Waals surface area contributed by atoms with E-state index in [-0.39, 0.29) is 0 Å². The van der Waals surface area contributed by atoms with Gasteiger partial charge in [0.15, 0.2) is 0 Å². The topological polar surface area (TPSA) is 60.2 Å². The summed E-state index contributed by atoms with van der Waals surface area (Å²) in [6, 6.07) is 4.27. The second kappa shape index (κ2) is 5.68. The predicted octanol–water partition coefficient (Wildman–Crippen LogP) is 3.44. The minimum absolute atomic E-state index is 0.327. The molecule has 0 amide bonds. The van der Waals surface area contributed by atoms with Gasteiger partial charge >= 0.3 is 0 Å². The molecule has 1 atom stereocenters. The highest BCUT2D eigenvalue weighted by Gasteiger charge is 2.34. The molecule has 1 aromatic heterocycles. The van der Waals surface area contributed by atoms with Crippen molar-refractivity contribution in [3.8, 4) is 5.88 Å². The van der Waals surface area contributed by atoms with Crippen LogP contribution in [0.5, 0.6) is 5.88 Å². The van der Waals surface area contributed by atoms with Gasteiger partial charge in [-0.05, 0) is 36.8 Å². The van der Waals surface area contributed by atoms with Crippen LogP contribution in [0.3, 0.4) is 0 Å². The Hall–Kier alpha value is -1.45. The van der Waals surface area contributed by atoms with Crippen LogP contribution in [-0.2, 0) is 0 Å². The van der Waals surface area contributed by atoms with E-state index in [2.05, 4.69) is 31.1 Å². The highest BCUT2D eigenvalue weighted by atomic mass is 16.5. The average molecular weight is 263 g/mol. The molecule has 2 rings (SSSR count). The number of hydrogen-bond donors (Lipinski definition) is 2. The van der Waals surface area contributed by atoms with Crippen LogP contribution in [0.25, 0.3) is 0 Å². The maximum atomic E-state index is 5.88. The number of hydrogen-bond acceptors (Lipinski definition) is 4. The molecule has 4 nitrogen and oxygen atoms in total. The Balaban J connectivity index is 2.08. The van der Waals surface area contributed by atoms with Crippen molar-refractivity contribution in [2.45, 2.75) is 52.5 Å². The number of aromatic nitrogens is 1. The van der Waals surface area contributed by atoms with E-state index in [0.717, 1.165) is 12.2 Å². The molecule has 1 aliphatic rings. The Bertz CT molecular complexity index is 431. The quantitative estimate of drug-likeness (QED) is 0.854. The molecular weight excluding hydrogens is 238 g/mol. The lowest BCUT2D eigenvalue weighted by molar-refractivity contribution is 0.307. The maximum absolute atomic E-state index is 5.88. The smallest absolute Gasteiger partial charge is 0.239 e. The monoisotopic (exact) mass is 263 g/mol. The number of nitrogens with one attached hydrogen (secondary N) is 1. The summed E-state index contributed by atoms with van der Waals surface area (Å²) in [6.45, 7) is 7.34. The van der Waals surface area contributed by atoms with E-state index in [4.69, 9.17) is 10.5 Å². The van der Waals surface area contributed by atoms with Crippen LogP contribution in [0, 0.1) is 5.41 Å². The Kier molecular flexibility index (Phi) is 4.17. The lowest BCUT2D eigenvalue weighted by Crippen LogP contribution is -2.31. The van der Waals surface area contributed by atoms with E-state index in [9.17, 15) is 0 Å². The number of nitrogens with two attached hydrogens (primary N) is 1. The van der Waals surface area contributed by atoms with Gasteiger partial charge in [0.1, 0.15) is 5.82 Å². The number of nitrogen functional groups attached to an aromatic ring is 1. The summed E-state index contributed by atoms with van der Waals surface area (Å²) in [5.41, 5.74) is 6.80. The second-order valence-electron chi connectivity index (χ2n) is 6.02. The van der Waals surface area contributed by atoms with Crippen molar-refractivity contribution >= 4 is 11.5 Å². The highest BCUT2D eigenvalue weighted by Crippen LogP contribution is 2.39. The van der Waals surface area contributed by atoms with E-state index in [1.165, 1.54) is 19.3 Å². The van der Waals surface area contributed by atoms with Gasteiger partial charge in [-0.3, -0.25) is 0 Å². The minimum atomic E-state index is 0.327. The lowest BCUT2D eigenvalue weighted by atomic mass is 9.87. The van der Waals surface area contributed by atoms with Crippen LogP contribution in [0.4, 0.5) is 11.5 Å². The van der Waals surface area contributed by atoms with Crippen molar-refractivity contribution in [3.05, 3.63) is 12.1 Å². The fraction of sp³-hybridized carbons (Fsp3) is 0.667. The average Bonchev–Trinajstić information content (AvgIpc) is 2.69. The first-order chi connectivity index (χ1) is 9.03. The number of ether oxygens (including phenoxy) is 1. The van der Waals surface area contributed by atoms with Gasteiger partial charge in [-0.1, -0.05) is 27.2 Å². The fourth-order valence-corrected chi connectivity index (χ4v) is 2.62. The molecule has 1 aromatic rings. The molecule has 4 heteroatoms. The van der Waals surface area contributed by atoms with Crippen LogP contribution in [0.15, 0.2) is 12.1 Å². The van der Waals surface area contributed by atoms with Gasteiger partial charge in [-0.25, -0.2) is 0 Å². The third-order valence-electron chi connectivity index (χ3n) is 3.91. The van der Waals surface area contributed by atoms with E-state index in [0.29, 0.717) is 29.6 Å². The van der Waals surface area contributed by atoms with Gasteiger partial charge in [0.2, 0.25) is 5.88 Å². The fourth-order valence-electron chi connectivity index (χ4n) is 2.62. The molecular formula is C15H25N3O. The summed E-state index contributed by atoms with van der Waals surface area (Å²) in [4.78, 5) is 4.48. The molecule has 1 unspecified atom stereocenters. The Morgan fingerprint density at radius 1 is 1.47 bits per heavy atom. The Labute approximate surface area is 115 Å². The van der Waals surface area contributed by atoms with Crippen LogP contribution in [0.1, 0.15) is 46.5 Å². The van der Waals surface area contributed by atoms with Crippen molar-refractivity contribution < 1.29 is 4.74 Å². The van der Waals surface area contributed by atoms with Crippen LogP contribution >= 0.6 is 0 Å². The second-order valence-corrected chi connectivity index (χ2v) is 6.02. The van der Waals surface area contributed by atoms with Gasteiger partial charge in [0, 0.05) is 6.04 Å². The minimum Gasteiger partial charge on any atom is -0.476 e. The standard InChI is InChI=1S/C15H25N3O/c1-4-10-19-14-11(16)7-8-13(18-14)17-12-6-5-9-15(12,2)3/h7-8,12H,4-6,9-10,16H2,1-3H3,(H,17,18). The number of nitrogens with zero attached hydrogens (tertiary/aromatic N) is 1. The van der Waals surface area contributed by atoms with Gasteiger partial charge in [0.25, 0.3) is 0 Å². The first kappa shape index (κ1) is 14.0. The molecule has 0 aliphatic heterocycles. The van der Waals surface area contributed by atoms with Crippen molar-refractivity contribution in [1.82, 2.24) is 4.98 Å². The third-order valence-corrected chi connectivity index (χ3v) is 3.91. The lowest BCUT2D eigenvalue weighted by Gasteiger charge is -2.28. The van der Waals surface area contributed by atoms with Crippen LogP contribution < -0.4 is 15.8 Å². The molecule has 0 saturated heterocycles. The molecule has 1 fully saturated rings. The Morgan fingerprint density at radius 2 is 2.26 bits per heavy atom. The van der Waals surface area contributed by atoms with Crippen molar-refractivity contribution in [3.63, 3.8) is 0 Å². The summed E-state index contributed by atoms with van der Waals surface area (Å²) < 4.78 is 5.57. The first-order valence-electron chi connectivity index (χ1n) is 7.19. The Morgan fingerprint density at radius 3 is 2.89 bits per heavy atom. The number of rotatable bonds is 5. The van der Waals surface area contributed by atoms with Gasteiger partial charge in [-0.2, -0.15) is 4.98 Å². The largest absolute Gasteiger partial charge is 0.476 e. The summed E-state index contributed by atoms with van der Waals surface area (Å²) in [5.74, 6) is 1.41. The van der Waals surface area contributed by atoms with Gasteiger partial charge in [0.05, 0.1) is 12.3 Å². The molecule has 0 bridgehead atoms. The number of anilines is 2. The molecule has 0 spiro atoms. The third kappa shape index (κ3) is 3.31. The SMILES string of the molecule is CCCOc1nc(NC2CCCC2(C)C)ccc1N. The van der Waals surface area contributed by atoms with E-state index in [1.807, 2.05) is 12.1 Å². The predicted molar refractivity (Wildman–Crippen MR) is 79.5 cm³/mol. The maximum Gasteiger partial charge on any atom is 0.239 e. The van der Waals surface area contributed by atoms with Gasteiger partial charge < -0.3 is 15.8 Å². The van der Waals surface area contributed by atoms with Crippen molar-refractivity contribution in [2.24, 2.45) is 5.41 Å². The first-order valence-corrected chi connectivity index (χ1v) is 7.19. The summed E-state index contributed by atoms with van der Waals surface area (Å²) in [7, 11) is 0. The summed E-state index contributed by atoms with van der Waals surface area (Å²) in [5, 5.41) is 3.53. The normalized spacial score (nSPS) is 21.3. The zero-order valence-electron chi connectivity index (χ0n) is 12.2. The van der Waals surface area contributed by atoms with E-state index < -0.39 is 0 Å². The zero-order chi connectivity index (χ0) is 13.9. The molecule has 1 aliphatic carbocycles. The summed E-state index contributed by atoms with van der Waals surface area (Å²) in [6.07, 6.45) is 4.69. The van der Waals surface area contributed by atoms with E-state index >= 15 is 0 Å². The zero-order valence-corrected chi connectivity index (χ0v) is 12.2.